The Hall–Kier alpha value is -2.97. The van der Waals surface area contributed by atoms with Crippen molar-refractivity contribution in [1.29, 1.82) is 0 Å². The van der Waals surface area contributed by atoms with E-state index in [9.17, 15) is 20.1 Å². The van der Waals surface area contributed by atoms with Crippen LogP contribution in [0.15, 0.2) is 24.8 Å². The number of benzene rings is 1. The lowest BCUT2D eigenvalue weighted by Gasteiger charge is -2.64. The summed E-state index contributed by atoms with van der Waals surface area (Å²) in [7, 11) is 0. The molecule has 3 fully saturated rings. The van der Waals surface area contributed by atoms with Crippen molar-refractivity contribution >= 4 is 12.0 Å². The number of piperidine rings is 1. The zero-order chi connectivity index (χ0) is 25.0. The van der Waals surface area contributed by atoms with Crippen molar-refractivity contribution in [1.82, 2.24) is 9.47 Å². The zero-order valence-electron chi connectivity index (χ0n) is 20.4. The predicted molar refractivity (Wildman–Crippen MR) is 131 cm³/mol. The van der Waals surface area contributed by atoms with Gasteiger partial charge in [0.2, 0.25) is 5.88 Å². The number of rotatable bonds is 5. The number of aromatic hydroxyl groups is 2. The van der Waals surface area contributed by atoms with Gasteiger partial charge in [0.15, 0.2) is 17.4 Å². The van der Waals surface area contributed by atoms with Crippen LogP contribution in [0.1, 0.15) is 61.8 Å². The summed E-state index contributed by atoms with van der Waals surface area (Å²) in [5.41, 5.74) is 0.733. The van der Waals surface area contributed by atoms with Gasteiger partial charge in [-0.05, 0) is 62.6 Å². The van der Waals surface area contributed by atoms with Crippen LogP contribution < -0.4 is 9.47 Å². The van der Waals surface area contributed by atoms with Crippen LogP contribution in [-0.4, -0.2) is 61.6 Å². The van der Waals surface area contributed by atoms with Crippen LogP contribution in [0.4, 0.5) is 0 Å². The van der Waals surface area contributed by atoms with Crippen molar-refractivity contribution in [3.63, 3.8) is 0 Å². The summed E-state index contributed by atoms with van der Waals surface area (Å²) in [4.78, 5) is 14.4. The molecule has 2 bridgehead atoms. The standard InChI is InChI=1S/C28H32N2O6/c1-3-17-13-22(32)30(26(17)33)19-8-9-28(34)21-12-18-6-7-20(35-15(2)31)24-23(18)27(28,25(19)36-24)10-11-29(21)14-16-4-5-16/h3,6-7,13,16,19,21,25,32-34H,1,4-5,8-12,14H2,2H3/t19-,21-,25+,27+,28-/m1/s1. The molecule has 8 heteroatoms. The molecule has 5 aliphatic rings. The molecular formula is C28H32N2O6. The van der Waals surface area contributed by atoms with Crippen molar-refractivity contribution in [3.05, 3.63) is 41.5 Å². The second-order valence-corrected chi connectivity index (χ2v) is 11.3. The highest BCUT2D eigenvalue weighted by atomic mass is 16.6. The zero-order valence-corrected chi connectivity index (χ0v) is 20.4. The minimum Gasteiger partial charge on any atom is -0.494 e. The Bertz CT molecular complexity index is 1300. The van der Waals surface area contributed by atoms with Gasteiger partial charge in [-0.15, -0.1) is 0 Å². The van der Waals surface area contributed by atoms with Crippen LogP contribution in [-0.2, 0) is 16.6 Å². The first kappa shape index (κ1) is 22.2. The number of likely N-dealkylation sites (tertiary alicyclic amines) is 1. The quantitative estimate of drug-likeness (QED) is 0.435. The van der Waals surface area contributed by atoms with Crippen LogP contribution in [0.3, 0.4) is 0 Å². The first-order valence-electron chi connectivity index (χ1n) is 13.0. The second-order valence-electron chi connectivity index (χ2n) is 11.3. The first-order chi connectivity index (χ1) is 17.3. The monoisotopic (exact) mass is 492 g/mol. The molecule has 2 aromatic rings. The Morgan fingerprint density at radius 1 is 1.28 bits per heavy atom. The third-order valence-corrected chi connectivity index (χ3v) is 9.54. The highest BCUT2D eigenvalue weighted by Crippen LogP contribution is 2.67. The molecule has 3 aliphatic carbocycles. The number of esters is 1. The van der Waals surface area contributed by atoms with Crippen LogP contribution in [0.5, 0.6) is 23.3 Å². The van der Waals surface area contributed by atoms with Gasteiger partial charge in [0.05, 0.1) is 17.1 Å². The molecule has 1 saturated heterocycles. The van der Waals surface area contributed by atoms with Gasteiger partial charge in [-0.3, -0.25) is 14.3 Å². The maximum absolute atomic E-state index is 12.7. The molecule has 1 aromatic carbocycles. The lowest BCUT2D eigenvalue weighted by atomic mass is 9.48. The van der Waals surface area contributed by atoms with Crippen LogP contribution in [0.2, 0.25) is 0 Å². The van der Waals surface area contributed by atoms with E-state index in [4.69, 9.17) is 9.47 Å². The predicted octanol–water partition coefficient (Wildman–Crippen LogP) is 3.27. The van der Waals surface area contributed by atoms with Gasteiger partial charge in [-0.1, -0.05) is 18.7 Å². The molecule has 0 amide bonds. The summed E-state index contributed by atoms with van der Waals surface area (Å²) in [6.45, 7) is 6.96. The minimum atomic E-state index is -1.03. The Morgan fingerprint density at radius 2 is 2.08 bits per heavy atom. The fourth-order valence-corrected chi connectivity index (χ4v) is 7.94. The molecule has 7 rings (SSSR count). The molecule has 190 valence electrons. The fraction of sp³-hybridized carbons (Fsp3) is 0.536. The Kier molecular flexibility index (Phi) is 4.51. The van der Waals surface area contributed by atoms with E-state index in [1.165, 1.54) is 36.5 Å². The van der Waals surface area contributed by atoms with Gasteiger partial charge in [0.1, 0.15) is 6.10 Å². The molecule has 2 saturated carbocycles. The van der Waals surface area contributed by atoms with Crippen molar-refractivity contribution in [2.45, 2.75) is 74.7 Å². The van der Waals surface area contributed by atoms with Gasteiger partial charge in [-0.25, -0.2) is 0 Å². The van der Waals surface area contributed by atoms with Crippen LogP contribution >= 0.6 is 0 Å². The second kappa shape index (κ2) is 7.29. The molecule has 5 atom stereocenters. The van der Waals surface area contributed by atoms with E-state index in [0.717, 1.165) is 30.6 Å². The van der Waals surface area contributed by atoms with E-state index in [0.29, 0.717) is 42.2 Å². The van der Waals surface area contributed by atoms with E-state index >= 15 is 0 Å². The molecule has 3 N–H and O–H groups in total. The number of hydrogen-bond acceptors (Lipinski definition) is 7. The summed E-state index contributed by atoms with van der Waals surface area (Å²) < 4.78 is 13.8. The summed E-state index contributed by atoms with van der Waals surface area (Å²) >= 11 is 0. The largest absolute Gasteiger partial charge is 0.494 e. The van der Waals surface area contributed by atoms with E-state index in [2.05, 4.69) is 11.5 Å². The first-order valence-corrected chi connectivity index (χ1v) is 13.0. The highest BCUT2D eigenvalue weighted by Gasteiger charge is 2.73. The summed E-state index contributed by atoms with van der Waals surface area (Å²) in [6, 6.07) is 4.86. The Morgan fingerprint density at radius 3 is 2.78 bits per heavy atom. The number of aromatic nitrogens is 1. The lowest BCUT2D eigenvalue weighted by molar-refractivity contribution is -0.196. The molecule has 8 nitrogen and oxygen atoms in total. The number of carbonyl (C=O) groups excluding carboxylic acids is 1. The van der Waals surface area contributed by atoms with Crippen molar-refractivity contribution in [3.8, 4) is 23.3 Å². The number of nitrogens with zero attached hydrogens (tertiary/aromatic N) is 2. The molecule has 0 radical (unpaired) electrons. The highest BCUT2D eigenvalue weighted by molar-refractivity contribution is 5.73. The topological polar surface area (TPSA) is 104 Å². The molecule has 1 spiro atoms. The van der Waals surface area contributed by atoms with E-state index in [1.54, 1.807) is 6.07 Å². The molecular weight excluding hydrogens is 460 g/mol. The number of carbonyl (C=O) groups is 1. The fourth-order valence-electron chi connectivity index (χ4n) is 7.94. The van der Waals surface area contributed by atoms with Gasteiger partial charge in [-0.2, -0.15) is 0 Å². The van der Waals surface area contributed by atoms with Gasteiger partial charge < -0.3 is 24.8 Å². The summed E-state index contributed by atoms with van der Waals surface area (Å²) in [5.74, 6) is 1.03. The average molecular weight is 493 g/mol. The molecule has 36 heavy (non-hydrogen) atoms. The molecule has 0 unspecified atom stereocenters. The van der Waals surface area contributed by atoms with Crippen molar-refractivity contribution in [2.24, 2.45) is 5.92 Å². The van der Waals surface area contributed by atoms with Crippen LogP contribution in [0.25, 0.3) is 6.08 Å². The van der Waals surface area contributed by atoms with Gasteiger partial charge in [0.25, 0.3) is 0 Å². The van der Waals surface area contributed by atoms with Gasteiger partial charge in [0, 0.05) is 36.7 Å². The van der Waals surface area contributed by atoms with E-state index < -0.39 is 29.1 Å². The normalized spacial score (nSPS) is 34.1. The SMILES string of the molecule is C=Cc1cc(O)n([C@@H]2CC[C@@]3(O)[C@H]4Cc5ccc(OC(C)=O)c6c5[C@@]3(CCN4CC3CC3)[C@H]2O6)c1O. The Labute approximate surface area is 209 Å². The number of hydrogen-bond donors (Lipinski definition) is 3. The molecule has 3 heterocycles. The third-order valence-electron chi connectivity index (χ3n) is 9.54. The molecule has 2 aliphatic heterocycles. The maximum Gasteiger partial charge on any atom is 0.308 e. The van der Waals surface area contributed by atoms with Crippen molar-refractivity contribution < 1.29 is 29.6 Å². The smallest absolute Gasteiger partial charge is 0.308 e. The maximum atomic E-state index is 12.7. The minimum absolute atomic E-state index is 0.0347. The lowest BCUT2D eigenvalue weighted by Crippen LogP contribution is -2.76. The number of ether oxygens (including phenoxy) is 2. The summed E-state index contributed by atoms with van der Waals surface area (Å²) in [5, 5.41) is 34.5. The van der Waals surface area contributed by atoms with E-state index in [-0.39, 0.29) is 17.8 Å². The summed E-state index contributed by atoms with van der Waals surface area (Å²) in [6.07, 6.45) is 5.92. The third kappa shape index (κ3) is 2.69. The average Bonchev–Trinajstić information content (AvgIpc) is 3.51. The van der Waals surface area contributed by atoms with Gasteiger partial charge >= 0.3 is 5.97 Å². The Balaban J connectivity index is 1.42. The van der Waals surface area contributed by atoms with Crippen LogP contribution in [0, 0.1) is 5.92 Å². The number of aliphatic hydroxyl groups is 1. The molecule has 1 aromatic heterocycles. The van der Waals surface area contributed by atoms with E-state index in [1.807, 2.05) is 6.07 Å². The van der Waals surface area contributed by atoms with Crippen molar-refractivity contribution in [2.75, 3.05) is 13.1 Å².